The molecule has 0 saturated heterocycles. The van der Waals surface area contributed by atoms with Gasteiger partial charge in [0.1, 0.15) is 11.1 Å². The average Bonchev–Trinajstić information content (AvgIpc) is 3.05. The first kappa shape index (κ1) is 16.5. The second kappa shape index (κ2) is 6.08. The maximum Gasteiger partial charge on any atom is 0.343 e. The number of carbonyl (C=O) groups excluding carboxylic acids is 1. The number of nitrogens with zero attached hydrogens (tertiary/aromatic N) is 5. The number of hydrogen-bond acceptors (Lipinski definition) is 6. The SMILES string of the molecule is COC(=O)c1cnn2c1nnc1c(=O)n(-c3cc(Cl)cc(Cl)c3)ccc12. The van der Waals surface area contributed by atoms with Gasteiger partial charge in [-0.1, -0.05) is 23.2 Å². The molecule has 4 aromatic rings. The molecule has 1 aromatic carbocycles. The van der Waals surface area contributed by atoms with Crippen molar-refractivity contribution in [2.45, 2.75) is 0 Å². The Labute approximate surface area is 155 Å². The number of aromatic nitrogens is 5. The highest BCUT2D eigenvalue weighted by Crippen LogP contribution is 2.22. The number of rotatable bonds is 2. The number of pyridine rings is 1. The summed E-state index contributed by atoms with van der Waals surface area (Å²) in [6.07, 6.45) is 2.87. The van der Waals surface area contributed by atoms with Crippen LogP contribution in [0.2, 0.25) is 10.0 Å². The highest BCUT2D eigenvalue weighted by Gasteiger charge is 2.18. The Morgan fingerprint density at radius 3 is 2.58 bits per heavy atom. The molecule has 3 heterocycles. The normalized spacial score (nSPS) is 11.2. The van der Waals surface area contributed by atoms with Gasteiger partial charge in [-0.25, -0.2) is 9.31 Å². The van der Waals surface area contributed by atoms with Crippen molar-refractivity contribution in [2.24, 2.45) is 0 Å². The van der Waals surface area contributed by atoms with Crippen molar-refractivity contribution >= 4 is 45.9 Å². The molecule has 0 atom stereocenters. The number of halogens is 2. The van der Waals surface area contributed by atoms with E-state index in [1.54, 1.807) is 30.5 Å². The standard InChI is InChI=1S/C16H9Cl2N5O3/c1-26-16(25)11-7-19-23-12-2-3-22(10-5-8(17)4-9(18)6-10)15(24)13(12)20-21-14(11)23/h2-7H,1H3. The van der Waals surface area contributed by atoms with E-state index in [1.807, 2.05) is 0 Å². The van der Waals surface area contributed by atoms with E-state index in [2.05, 4.69) is 20.0 Å². The summed E-state index contributed by atoms with van der Waals surface area (Å²) in [5, 5.41) is 12.8. The number of hydrogen-bond donors (Lipinski definition) is 0. The van der Waals surface area contributed by atoms with Gasteiger partial charge >= 0.3 is 5.97 Å². The van der Waals surface area contributed by atoms with Crippen LogP contribution in [0.3, 0.4) is 0 Å². The minimum Gasteiger partial charge on any atom is -0.465 e. The van der Waals surface area contributed by atoms with Gasteiger partial charge in [0.15, 0.2) is 11.2 Å². The van der Waals surface area contributed by atoms with Crippen LogP contribution in [0.5, 0.6) is 0 Å². The lowest BCUT2D eigenvalue weighted by molar-refractivity contribution is 0.0602. The molecule has 4 rings (SSSR count). The summed E-state index contributed by atoms with van der Waals surface area (Å²) in [7, 11) is 1.26. The fraction of sp³-hybridized carbons (Fsp3) is 0.0625. The molecule has 10 heteroatoms. The fourth-order valence-corrected chi connectivity index (χ4v) is 3.14. The molecule has 130 valence electrons. The minimum atomic E-state index is -0.587. The van der Waals surface area contributed by atoms with Gasteiger partial charge in [-0.15, -0.1) is 10.2 Å². The number of esters is 1. The van der Waals surface area contributed by atoms with E-state index in [1.165, 1.54) is 22.4 Å². The summed E-state index contributed by atoms with van der Waals surface area (Å²) < 4.78 is 7.41. The van der Waals surface area contributed by atoms with Crippen molar-refractivity contribution in [3.05, 3.63) is 62.6 Å². The van der Waals surface area contributed by atoms with Crippen LogP contribution in [0, 0.1) is 0 Å². The van der Waals surface area contributed by atoms with Gasteiger partial charge in [-0.2, -0.15) is 5.10 Å². The number of fused-ring (bicyclic) bond motifs is 3. The summed E-state index contributed by atoms with van der Waals surface area (Å²) in [6.45, 7) is 0. The quantitative estimate of drug-likeness (QED) is 0.489. The minimum absolute atomic E-state index is 0.0793. The van der Waals surface area contributed by atoms with E-state index in [4.69, 9.17) is 23.2 Å². The van der Waals surface area contributed by atoms with Crippen LogP contribution in [0.1, 0.15) is 10.4 Å². The van der Waals surface area contributed by atoms with E-state index in [9.17, 15) is 9.59 Å². The van der Waals surface area contributed by atoms with Gasteiger partial charge in [0, 0.05) is 16.2 Å². The lowest BCUT2D eigenvalue weighted by Gasteiger charge is -2.08. The molecule has 0 unspecified atom stereocenters. The van der Waals surface area contributed by atoms with E-state index >= 15 is 0 Å². The molecule has 0 spiro atoms. The lowest BCUT2D eigenvalue weighted by atomic mass is 10.3. The van der Waals surface area contributed by atoms with Gasteiger partial charge in [0.05, 0.1) is 19.0 Å². The maximum absolute atomic E-state index is 12.8. The Balaban J connectivity index is 1.98. The molecule has 8 nitrogen and oxygen atoms in total. The van der Waals surface area contributed by atoms with E-state index in [0.29, 0.717) is 21.2 Å². The Hall–Kier alpha value is -2.97. The second-order valence-corrected chi connectivity index (χ2v) is 6.21. The molecule has 26 heavy (non-hydrogen) atoms. The molecule has 0 fully saturated rings. The zero-order chi connectivity index (χ0) is 18.4. The van der Waals surface area contributed by atoms with Gasteiger partial charge in [-0.3, -0.25) is 9.36 Å². The van der Waals surface area contributed by atoms with Crippen LogP contribution < -0.4 is 5.56 Å². The largest absolute Gasteiger partial charge is 0.465 e. The molecule has 3 aromatic heterocycles. The molecule has 0 amide bonds. The first-order valence-electron chi connectivity index (χ1n) is 7.30. The van der Waals surface area contributed by atoms with Crippen LogP contribution >= 0.6 is 23.2 Å². The van der Waals surface area contributed by atoms with Crippen molar-refractivity contribution in [1.82, 2.24) is 24.4 Å². The fourth-order valence-electron chi connectivity index (χ4n) is 2.63. The Morgan fingerprint density at radius 2 is 1.88 bits per heavy atom. The van der Waals surface area contributed by atoms with Crippen molar-refractivity contribution < 1.29 is 9.53 Å². The number of ether oxygens (including phenoxy) is 1. The summed E-state index contributed by atoms with van der Waals surface area (Å²) in [5.41, 5.74) is 0.910. The molecule has 0 bridgehead atoms. The highest BCUT2D eigenvalue weighted by molar-refractivity contribution is 6.34. The smallest absolute Gasteiger partial charge is 0.343 e. The molecule has 0 radical (unpaired) electrons. The van der Waals surface area contributed by atoms with Gasteiger partial charge < -0.3 is 4.74 Å². The predicted octanol–water partition coefficient (Wildman–Crippen LogP) is 2.52. The molecule has 0 saturated carbocycles. The Bertz CT molecular complexity index is 1230. The van der Waals surface area contributed by atoms with Crippen LogP contribution in [-0.4, -0.2) is 37.5 Å². The molecular formula is C16H9Cl2N5O3. The van der Waals surface area contributed by atoms with Crippen LogP contribution in [0.4, 0.5) is 0 Å². The topological polar surface area (TPSA) is 91.4 Å². The summed E-state index contributed by atoms with van der Waals surface area (Å²) in [6, 6.07) is 6.42. The third-order valence-electron chi connectivity index (χ3n) is 3.79. The monoisotopic (exact) mass is 389 g/mol. The molecule has 0 aliphatic carbocycles. The zero-order valence-corrected chi connectivity index (χ0v) is 14.7. The molecule has 0 N–H and O–H groups in total. The van der Waals surface area contributed by atoms with Gasteiger partial charge in [-0.05, 0) is 24.3 Å². The highest BCUT2D eigenvalue weighted by atomic mass is 35.5. The van der Waals surface area contributed by atoms with Crippen LogP contribution in [0.15, 0.2) is 41.5 Å². The van der Waals surface area contributed by atoms with Crippen molar-refractivity contribution in [2.75, 3.05) is 7.11 Å². The van der Waals surface area contributed by atoms with Crippen molar-refractivity contribution in [1.29, 1.82) is 0 Å². The Morgan fingerprint density at radius 1 is 1.15 bits per heavy atom. The van der Waals surface area contributed by atoms with Gasteiger partial charge in [0.25, 0.3) is 5.56 Å². The summed E-state index contributed by atoms with van der Waals surface area (Å²) in [5.74, 6) is -0.587. The van der Waals surface area contributed by atoms with Gasteiger partial charge in [0.2, 0.25) is 0 Å². The van der Waals surface area contributed by atoms with Crippen molar-refractivity contribution in [3.63, 3.8) is 0 Å². The first-order chi connectivity index (χ1) is 12.5. The Kier molecular flexibility index (Phi) is 3.86. The third kappa shape index (κ3) is 2.51. The molecule has 0 aliphatic rings. The van der Waals surface area contributed by atoms with Crippen LogP contribution in [-0.2, 0) is 4.74 Å². The summed E-state index contributed by atoms with van der Waals surface area (Å²) >= 11 is 12.0. The maximum atomic E-state index is 12.8. The van der Waals surface area contributed by atoms with E-state index in [0.717, 1.165) is 0 Å². The predicted molar refractivity (Wildman–Crippen MR) is 95.2 cm³/mol. The van der Waals surface area contributed by atoms with Crippen molar-refractivity contribution in [3.8, 4) is 5.69 Å². The number of methoxy groups -OCH3 is 1. The lowest BCUT2D eigenvalue weighted by Crippen LogP contribution is -2.20. The second-order valence-electron chi connectivity index (χ2n) is 5.34. The zero-order valence-electron chi connectivity index (χ0n) is 13.2. The van der Waals surface area contributed by atoms with Crippen LogP contribution in [0.25, 0.3) is 22.4 Å². The van der Waals surface area contributed by atoms with E-state index < -0.39 is 11.5 Å². The first-order valence-corrected chi connectivity index (χ1v) is 8.06. The number of carbonyl (C=O) groups is 1. The van der Waals surface area contributed by atoms with E-state index in [-0.39, 0.29) is 16.7 Å². The summed E-state index contributed by atoms with van der Waals surface area (Å²) in [4.78, 5) is 24.6. The number of benzene rings is 1. The molecule has 0 aliphatic heterocycles. The average molecular weight is 390 g/mol. The third-order valence-corrected chi connectivity index (χ3v) is 4.23. The molecular weight excluding hydrogens is 381 g/mol.